The van der Waals surface area contributed by atoms with Crippen LogP contribution in [0.4, 0.5) is 0 Å². The molecule has 0 saturated heterocycles. The Balaban J connectivity index is 2.31. The SMILES string of the molecule is CCn1ncc2c(-c3cncc(C)c3)c(/C=C/C=C/C(=O)O)c(COC)nc21. The minimum Gasteiger partial charge on any atom is -0.478 e. The lowest BCUT2D eigenvalue weighted by molar-refractivity contribution is -0.131. The highest BCUT2D eigenvalue weighted by Crippen LogP contribution is 2.34. The lowest BCUT2D eigenvalue weighted by Gasteiger charge is -2.14. The van der Waals surface area contributed by atoms with Gasteiger partial charge in [-0.2, -0.15) is 5.10 Å². The molecule has 0 aromatic carbocycles. The summed E-state index contributed by atoms with van der Waals surface area (Å²) in [5, 5.41) is 14.2. The summed E-state index contributed by atoms with van der Waals surface area (Å²) >= 11 is 0. The van der Waals surface area contributed by atoms with Gasteiger partial charge in [-0.15, -0.1) is 0 Å². The molecular weight excluding hydrogens is 356 g/mol. The first-order valence-corrected chi connectivity index (χ1v) is 8.92. The number of fused-ring (bicyclic) bond motifs is 1. The summed E-state index contributed by atoms with van der Waals surface area (Å²) in [7, 11) is 1.62. The van der Waals surface area contributed by atoms with Crippen LogP contribution in [-0.4, -0.2) is 37.9 Å². The van der Waals surface area contributed by atoms with Gasteiger partial charge in [0.1, 0.15) is 0 Å². The standard InChI is InChI=1S/C21H22N4O3/c1-4-25-21-17(12-23-25)20(15-9-14(2)10-22-11-15)16(18(24-21)13-28-3)7-5-6-8-19(26)27/h5-12H,4,13H2,1-3H3,(H,26,27)/b7-5+,8-6+. The maximum absolute atomic E-state index is 10.7. The number of aliphatic carboxylic acids is 1. The van der Waals surface area contributed by atoms with Gasteiger partial charge in [0.25, 0.3) is 0 Å². The Bertz CT molecular complexity index is 1070. The van der Waals surface area contributed by atoms with Crippen LogP contribution in [0.3, 0.4) is 0 Å². The molecule has 0 aliphatic heterocycles. The average molecular weight is 378 g/mol. The number of carboxylic acids is 1. The van der Waals surface area contributed by atoms with Crippen molar-refractivity contribution in [2.45, 2.75) is 27.0 Å². The van der Waals surface area contributed by atoms with E-state index in [0.29, 0.717) is 13.2 Å². The molecule has 144 valence electrons. The first-order chi connectivity index (χ1) is 13.5. The van der Waals surface area contributed by atoms with Gasteiger partial charge in [-0.3, -0.25) is 4.98 Å². The summed E-state index contributed by atoms with van der Waals surface area (Å²) in [6, 6.07) is 2.06. The van der Waals surface area contributed by atoms with E-state index in [1.54, 1.807) is 19.4 Å². The predicted octanol–water partition coefficient (Wildman–Crippen LogP) is 3.62. The number of rotatable bonds is 7. The molecular formula is C21H22N4O3. The first kappa shape index (κ1) is 19.4. The second-order valence-electron chi connectivity index (χ2n) is 6.29. The van der Waals surface area contributed by atoms with Crippen molar-refractivity contribution in [3.05, 3.63) is 59.7 Å². The van der Waals surface area contributed by atoms with Crippen LogP contribution in [0.2, 0.25) is 0 Å². The van der Waals surface area contributed by atoms with Crippen LogP contribution in [0, 0.1) is 6.92 Å². The predicted molar refractivity (Wildman–Crippen MR) is 108 cm³/mol. The number of allylic oxidation sites excluding steroid dienone is 2. The van der Waals surface area contributed by atoms with E-state index in [1.165, 1.54) is 6.08 Å². The molecule has 7 heteroatoms. The number of carbonyl (C=O) groups is 1. The van der Waals surface area contributed by atoms with Gasteiger partial charge in [0.15, 0.2) is 5.65 Å². The van der Waals surface area contributed by atoms with E-state index in [9.17, 15) is 4.79 Å². The third-order valence-electron chi connectivity index (χ3n) is 4.26. The van der Waals surface area contributed by atoms with Crippen molar-refractivity contribution in [1.82, 2.24) is 19.7 Å². The molecule has 0 fully saturated rings. The molecule has 3 rings (SSSR count). The number of hydrogen-bond acceptors (Lipinski definition) is 5. The number of aryl methyl sites for hydroxylation is 2. The van der Waals surface area contributed by atoms with Crippen molar-refractivity contribution in [3.63, 3.8) is 0 Å². The second kappa shape index (κ2) is 8.58. The highest BCUT2D eigenvalue weighted by Gasteiger charge is 2.18. The van der Waals surface area contributed by atoms with Crippen molar-refractivity contribution >= 4 is 23.1 Å². The molecule has 0 atom stereocenters. The first-order valence-electron chi connectivity index (χ1n) is 8.92. The van der Waals surface area contributed by atoms with Gasteiger partial charge >= 0.3 is 5.97 Å². The molecule has 28 heavy (non-hydrogen) atoms. The summed E-state index contributed by atoms with van der Waals surface area (Å²) in [6.45, 7) is 5.03. The van der Waals surface area contributed by atoms with E-state index < -0.39 is 5.97 Å². The van der Waals surface area contributed by atoms with Crippen LogP contribution in [0.5, 0.6) is 0 Å². The Morgan fingerprint density at radius 1 is 1.29 bits per heavy atom. The number of methoxy groups -OCH3 is 1. The van der Waals surface area contributed by atoms with Gasteiger partial charge in [-0.05, 0) is 25.5 Å². The van der Waals surface area contributed by atoms with E-state index >= 15 is 0 Å². The van der Waals surface area contributed by atoms with Crippen molar-refractivity contribution in [2.24, 2.45) is 0 Å². The average Bonchev–Trinajstić information content (AvgIpc) is 3.07. The molecule has 3 aromatic heterocycles. The fraction of sp³-hybridized carbons (Fsp3) is 0.238. The molecule has 0 saturated carbocycles. The fourth-order valence-corrected chi connectivity index (χ4v) is 3.10. The van der Waals surface area contributed by atoms with Crippen molar-refractivity contribution < 1.29 is 14.6 Å². The Hall–Kier alpha value is -3.32. The zero-order chi connectivity index (χ0) is 20.1. The van der Waals surface area contributed by atoms with Crippen LogP contribution in [0.25, 0.3) is 28.2 Å². The molecule has 0 amide bonds. The molecule has 7 nitrogen and oxygen atoms in total. The minimum absolute atomic E-state index is 0.319. The van der Waals surface area contributed by atoms with E-state index in [-0.39, 0.29) is 0 Å². The summed E-state index contributed by atoms with van der Waals surface area (Å²) in [6.07, 6.45) is 11.5. The van der Waals surface area contributed by atoms with Crippen LogP contribution in [0.15, 0.2) is 42.9 Å². The number of hydrogen-bond donors (Lipinski definition) is 1. The third-order valence-corrected chi connectivity index (χ3v) is 4.26. The normalized spacial score (nSPS) is 11.8. The van der Waals surface area contributed by atoms with Gasteiger partial charge in [-0.25, -0.2) is 14.5 Å². The van der Waals surface area contributed by atoms with Crippen LogP contribution in [0.1, 0.15) is 23.7 Å². The smallest absolute Gasteiger partial charge is 0.328 e. The zero-order valence-corrected chi connectivity index (χ0v) is 16.1. The van der Waals surface area contributed by atoms with E-state index in [1.807, 2.05) is 37.0 Å². The Morgan fingerprint density at radius 3 is 2.79 bits per heavy atom. The highest BCUT2D eigenvalue weighted by molar-refractivity contribution is 5.98. The Kier molecular flexibility index (Phi) is 5.96. The van der Waals surface area contributed by atoms with Crippen LogP contribution >= 0.6 is 0 Å². The number of aromatic nitrogens is 4. The number of ether oxygens (including phenoxy) is 1. The molecule has 0 spiro atoms. The summed E-state index contributed by atoms with van der Waals surface area (Å²) in [4.78, 5) is 19.9. The van der Waals surface area contributed by atoms with Crippen molar-refractivity contribution in [3.8, 4) is 11.1 Å². The number of pyridine rings is 2. The molecule has 0 aliphatic rings. The summed E-state index contributed by atoms with van der Waals surface area (Å²) in [5.41, 5.74) is 5.33. The zero-order valence-electron chi connectivity index (χ0n) is 16.1. The molecule has 0 aliphatic carbocycles. The van der Waals surface area contributed by atoms with E-state index in [2.05, 4.69) is 16.1 Å². The monoisotopic (exact) mass is 378 g/mol. The lowest BCUT2D eigenvalue weighted by atomic mass is 9.96. The Morgan fingerprint density at radius 2 is 2.11 bits per heavy atom. The molecule has 3 heterocycles. The minimum atomic E-state index is -0.998. The van der Waals surface area contributed by atoms with E-state index in [0.717, 1.165) is 45.1 Å². The molecule has 0 unspecified atom stereocenters. The van der Waals surface area contributed by atoms with Gasteiger partial charge in [-0.1, -0.05) is 18.2 Å². The number of carboxylic acid groups (broad SMARTS) is 1. The second-order valence-corrected chi connectivity index (χ2v) is 6.29. The third kappa shape index (κ3) is 3.99. The topological polar surface area (TPSA) is 90.1 Å². The van der Waals surface area contributed by atoms with Crippen LogP contribution in [-0.2, 0) is 22.7 Å². The van der Waals surface area contributed by atoms with Gasteiger partial charge in [0.05, 0.1) is 18.5 Å². The van der Waals surface area contributed by atoms with E-state index in [4.69, 9.17) is 14.8 Å². The van der Waals surface area contributed by atoms with Gasteiger partial charge in [0.2, 0.25) is 0 Å². The van der Waals surface area contributed by atoms with Gasteiger partial charge in [0, 0.05) is 54.2 Å². The van der Waals surface area contributed by atoms with Crippen molar-refractivity contribution in [1.29, 1.82) is 0 Å². The number of nitrogens with zero attached hydrogens (tertiary/aromatic N) is 4. The fourth-order valence-electron chi connectivity index (χ4n) is 3.10. The van der Waals surface area contributed by atoms with Crippen molar-refractivity contribution in [2.75, 3.05) is 7.11 Å². The largest absolute Gasteiger partial charge is 0.478 e. The maximum atomic E-state index is 10.7. The Labute approximate surface area is 163 Å². The highest BCUT2D eigenvalue weighted by atomic mass is 16.5. The summed E-state index contributed by atoms with van der Waals surface area (Å²) < 4.78 is 7.22. The quantitative estimate of drug-likeness (QED) is 0.499. The molecule has 0 radical (unpaired) electrons. The lowest BCUT2D eigenvalue weighted by Crippen LogP contribution is -2.04. The van der Waals surface area contributed by atoms with Crippen LogP contribution < -0.4 is 0 Å². The molecule has 1 N–H and O–H groups in total. The maximum Gasteiger partial charge on any atom is 0.328 e. The molecule has 0 bridgehead atoms. The van der Waals surface area contributed by atoms with Gasteiger partial charge < -0.3 is 9.84 Å². The summed E-state index contributed by atoms with van der Waals surface area (Å²) in [5.74, 6) is -0.998. The molecule has 3 aromatic rings.